The third kappa shape index (κ3) is 5.27. The van der Waals surface area contributed by atoms with Gasteiger partial charge in [0.1, 0.15) is 11.9 Å². The van der Waals surface area contributed by atoms with Crippen molar-refractivity contribution in [3.8, 4) is 0 Å². The molecule has 0 unspecified atom stereocenters. The molecule has 0 saturated carbocycles. The topological polar surface area (TPSA) is 79.9 Å². The van der Waals surface area contributed by atoms with Gasteiger partial charge in [-0.15, -0.1) is 0 Å². The van der Waals surface area contributed by atoms with Crippen molar-refractivity contribution < 1.29 is 23.3 Å². The summed E-state index contributed by atoms with van der Waals surface area (Å²) in [6, 6.07) is 11.2. The zero-order valence-corrected chi connectivity index (χ0v) is 21.9. The molecule has 2 aliphatic heterocycles. The summed E-state index contributed by atoms with van der Waals surface area (Å²) in [6.07, 6.45) is 1.26. The van der Waals surface area contributed by atoms with E-state index in [1.807, 2.05) is 52.0 Å². The molecule has 2 aromatic rings. The smallest absolute Gasteiger partial charge is 0.399 e. The lowest BCUT2D eigenvalue weighted by Crippen LogP contribution is -2.45. The van der Waals surface area contributed by atoms with Crippen LogP contribution in [-0.4, -0.2) is 47.7 Å². The number of carbonyl (C=O) groups is 2. The number of amides is 3. The zero-order chi connectivity index (χ0) is 26.3. The Morgan fingerprint density at radius 2 is 1.61 bits per heavy atom. The van der Waals surface area contributed by atoms with E-state index in [1.165, 1.54) is 16.5 Å². The fraction of sp³-hybridized carbons (Fsp3) is 0.481. The largest absolute Gasteiger partial charge is 0.497 e. The highest BCUT2D eigenvalue weighted by Gasteiger charge is 2.52. The van der Waals surface area contributed by atoms with Crippen LogP contribution < -0.4 is 16.1 Å². The molecule has 0 aliphatic carbocycles. The van der Waals surface area contributed by atoms with Gasteiger partial charge in [-0.25, -0.2) is 9.18 Å². The van der Waals surface area contributed by atoms with Gasteiger partial charge in [0.25, 0.3) is 0 Å². The first-order chi connectivity index (χ1) is 16.9. The third-order valence-corrected chi connectivity index (χ3v) is 7.42. The average Bonchev–Trinajstić information content (AvgIpc) is 3.36. The molecule has 36 heavy (non-hydrogen) atoms. The lowest BCUT2D eigenvalue weighted by atomic mass is 9.78. The molecule has 0 aromatic heterocycles. The maximum absolute atomic E-state index is 15.0. The van der Waals surface area contributed by atoms with Gasteiger partial charge in [0, 0.05) is 23.4 Å². The quantitative estimate of drug-likeness (QED) is 0.580. The Hall–Kier alpha value is -2.91. The Labute approximate surface area is 212 Å². The number of hydrogen-bond donors (Lipinski definition) is 2. The summed E-state index contributed by atoms with van der Waals surface area (Å²) in [4.78, 5) is 27.4. The van der Waals surface area contributed by atoms with Crippen molar-refractivity contribution >= 4 is 35.9 Å². The van der Waals surface area contributed by atoms with Gasteiger partial charge in [0.15, 0.2) is 0 Å². The van der Waals surface area contributed by atoms with Crippen LogP contribution in [0, 0.1) is 5.82 Å². The van der Waals surface area contributed by atoms with Crippen molar-refractivity contribution in [2.24, 2.45) is 0 Å². The van der Waals surface area contributed by atoms with Gasteiger partial charge in [0.2, 0.25) is 5.91 Å². The number of carbonyl (C=O) groups excluding carboxylic acids is 2. The molecule has 4 rings (SSSR count). The summed E-state index contributed by atoms with van der Waals surface area (Å²) in [7, 11) is -0.830. The van der Waals surface area contributed by atoms with Gasteiger partial charge in [0.05, 0.1) is 11.2 Å². The molecule has 9 heteroatoms. The molecule has 0 bridgehead atoms. The van der Waals surface area contributed by atoms with Gasteiger partial charge >= 0.3 is 13.1 Å². The Morgan fingerprint density at radius 1 is 1.00 bits per heavy atom. The van der Waals surface area contributed by atoms with Gasteiger partial charge < -0.3 is 24.8 Å². The number of likely N-dealkylation sites (tertiary alicyclic amines) is 1. The molecular formula is C27H35BFN3O4. The van der Waals surface area contributed by atoms with Crippen molar-refractivity contribution in [3.05, 3.63) is 53.8 Å². The third-order valence-electron chi connectivity index (χ3n) is 7.42. The highest BCUT2D eigenvalue weighted by molar-refractivity contribution is 6.62. The van der Waals surface area contributed by atoms with Crippen molar-refractivity contribution in [1.82, 2.24) is 4.90 Å². The maximum Gasteiger partial charge on any atom is 0.497 e. The highest BCUT2D eigenvalue weighted by atomic mass is 19.1. The molecule has 2 aliphatic rings. The maximum atomic E-state index is 15.0. The first-order valence-corrected chi connectivity index (χ1v) is 12.5. The second kappa shape index (κ2) is 9.86. The van der Waals surface area contributed by atoms with E-state index in [2.05, 4.69) is 24.5 Å². The van der Waals surface area contributed by atoms with E-state index in [0.29, 0.717) is 36.7 Å². The minimum atomic E-state index is -0.830. The van der Waals surface area contributed by atoms with Crippen molar-refractivity contribution in [2.45, 2.75) is 77.5 Å². The van der Waals surface area contributed by atoms with Crippen LogP contribution in [0.2, 0.25) is 0 Å². The minimum Gasteiger partial charge on any atom is -0.399 e. The number of anilines is 2. The Balaban J connectivity index is 1.40. The second-order valence-electron chi connectivity index (χ2n) is 10.9. The summed E-state index contributed by atoms with van der Waals surface area (Å²) < 4.78 is 26.9. The van der Waals surface area contributed by atoms with E-state index in [-0.39, 0.29) is 17.4 Å². The molecule has 192 valence electrons. The first-order valence-electron chi connectivity index (χ1n) is 12.5. The van der Waals surface area contributed by atoms with Crippen LogP contribution in [0.1, 0.15) is 65.9 Å². The summed E-state index contributed by atoms with van der Waals surface area (Å²) in [5.41, 5.74) is 1.28. The predicted octanol–water partition coefficient (Wildman–Crippen LogP) is 4.88. The molecule has 2 N–H and O–H groups in total. The van der Waals surface area contributed by atoms with E-state index in [9.17, 15) is 14.0 Å². The van der Waals surface area contributed by atoms with Crippen LogP contribution in [-0.2, 0) is 14.1 Å². The van der Waals surface area contributed by atoms with E-state index >= 15 is 0 Å². The lowest BCUT2D eigenvalue weighted by molar-refractivity contribution is -0.119. The zero-order valence-electron chi connectivity index (χ0n) is 21.9. The van der Waals surface area contributed by atoms with Crippen molar-refractivity contribution in [1.29, 1.82) is 0 Å². The van der Waals surface area contributed by atoms with Crippen LogP contribution in [0.15, 0.2) is 42.5 Å². The van der Waals surface area contributed by atoms with Crippen LogP contribution in [0.3, 0.4) is 0 Å². The fourth-order valence-electron chi connectivity index (χ4n) is 4.42. The molecule has 2 aromatic carbocycles. The van der Waals surface area contributed by atoms with E-state index in [1.54, 1.807) is 12.1 Å². The SMILES string of the molecule is CC(C)c1ccc(NC(=O)N2CCC[C@@H]2C(=O)Nc2ccc(B3OC(C)(C)C(C)(C)O3)c(F)c2)cc1. The van der Waals surface area contributed by atoms with E-state index < -0.39 is 30.2 Å². The monoisotopic (exact) mass is 495 g/mol. The molecule has 3 amide bonds. The summed E-state index contributed by atoms with van der Waals surface area (Å²) in [5.74, 6) is -0.477. The average molecular weight is 495 g/mol. The normalized spacial score (nSPS) is 20.6. The van der Waals surface area contributed by atoms with Crippen LogP contribution >= 0.6 is 0 Å². The molecule has 2 saturated heterocycles. The van der Waals surface area contributed by atoms with Crippen molar-refractivity contribution in [3.63, 3.8) is 0 Å². The fourth-order valence-corrected chi connectivity index (χ4v) is 4.42. The molecule has 7 nitrogen and oxygen atoms in total. The Kier molecular flexibility index (Phi) is 7.17. The molecule has 0 spiro atoms. The standard InChI is InChI=1S/C27H35BFN3O4/c1-17(2)18-9-11-19(12-10-18)31-25(34)32-15-7-8-23(32)24(33)30-20-13-14-21(22(29)16-20)28-35-26(3,4)27(5,6)36-28/h9-14,16-17,23H,7-8,15H2,1-6H3,(H,30,33)(H,31,34)/t23-/m1/s1. The Morgan fingerprint density at radius 3 is 2.19 bits per heavy atom. The molecule has 2 heterocycles. The van der Waals surface area contributed by atoms with Crippen LogP contribution in [0.5, 0.6) is 0 Å². The number of halogens is 1. The van der Waals surface area contributed by atoms with Gasteiger partial charge in [-0.3, -0.25) is 4.79 Å². The van der Waals surface area contributed by atoms with Gasteiger partial charge in [-0.05, 0) is 76.3 Å². The molecule has 2 fully saturated rings. The molecule has 0 radical (unpaired) electrons. The van der Waals surface area contributed by atoms with Crippen LogP contribution in [0.25, 0.3) is 0 Å². The lowest BCUT2D eigenvalue weighted by Gasteiger charge is -2.32. The number of rotatable bonds is 5. The van der Waals surface area contributed by atoms with Crippen LogP contribution in [0.4, 0.5) is 20.6 Å². The minimum absolute atomic E-state index is 0.275. The highest BCUT2D eigenvalue weighted by Crippen LogP contribution is 2.36. The van der Waals surface area contributed by atoms with Crippen molar-refractivity contribution in [2.75, 3.05) is 17.2 Å². The van der Waals surface area contributed by atoms with E-state index in [0.717, 1.165) is 0 Å². The van der Waals surface area contributed by atoms with E-state index in [4.69, 9.17) is 9.31 Å². The summed E-state index contributed by atoms with van der Waals surface area (Å²) in [6.45, 7) is 12.3. The number of urea groups is 1. The number of hydrogen-bond acceptors (Lipinski definition) is 4. The Bertz CT molecular complexity index is 1120. The summed E-state index contributed by atoms with van der Waals surface area (Å²) >= 11 is 0. The first kappa shape index (κ1) is 26.2. The molecular weight excluding hydrogens is 460 g/mol. The van der Waals surface area contributed by atoms with Gasteiger partial charge in [-0.2, -0.15) is 0 Å². The number of nitrogens with one attached hydrogen (secondary N) is 2. The van der Waals surface area contributed by atoms with Gasteiger partial charge in [-0.1, -0.05) is 32.0 Å². The number of nitrogens with zero attached hydrogens (tertiary/aromatic N) is 1. The predicted molar refractivity (Wildman–Crippen MR) is 140 cm³/mol. The summed E-state index contributed by atoms with van der Waals surface area (Å²) in [5, 5.41) is 5.64. The second-order valence-corrected chi connectivity index (χ2v) is 10.9. The molecule has 1 atom stereocenters. The number of benzene rings is 2.